The zero-order valence-corrected chi connectivity index (χ0v) is 17.4. The maximum absolute atomic E-state index is 12.6. The Morgan fingerprint density at radius 1 is 1.26 bits per heavy atom. The summed E-state index contributed by atoms with van der Waals surface area (Å²) in [6, 6.07) is 7.59. The predicted molar refractivity (Wildman–Crippen MR) is 108 cm³/mol. The van der Waals surface area contributed by atoms with E-state index in [0.29, 0.717) is 5.56 Å². The average molecular weight is 376 g/mol. The van der Waals surface area contributed by atoms with Crippen molar-refractivity contribution >= 4 is 17.6 Å². The number of hydrogen-bond donors (Lipinski definition) is 1. The fraction of sp³-hybridized carbons (Fsp3) is 0.619. The molecule has 1 heterocycles. The Labute approximate surface area is 162 Å². The molecule has 1 amide bonds. The highest BCUT2D eigenvalue weighted by Gasteiger charge is 2.32. The zero-order valence-electron chi connectivity index (χ0n) is 17.4. The van der Waals surface area contributed by atoms with Crippen molar-refractivity contribution in [3.05, 3.63) is 29.8 Å². The van der Waals surface area contributed by atoms with Gasteiger partial charge >= 0.3 is 5.97 Å². The Balaban J connectivity index is 1.98. The lowest BCUT2D eigenvalue weighted by Crippen LogP contribution is -2.60. The number of amides is 1. The molecule has 2 atom stereocenters. The van der Waals surface area contributed by atoms with Gasteiger partial charge in [-0.25, -0.2) is 4.79 Å². The second-order valence-corrected chi connectivity index (χ2v) is 7.97. The summed E-state index contributed by atoms with van der Waals surface area (Å²) in [5, 5.41) is 3.15. The van der Waals surface area contributed by atoms with Crippen LogP contribution in [0.15, 0.2) is 24.3 Å². The molecule has 1 N–H and O–H groups in total. The monoisotopic (exact) mass is 375 g/mol. The van der Waals surface area contributed by atoms with Gasteiger partial charge in [-0.3, -0.25) is 9.69 Å². The number of nitrogens with zero attached hydrogens (tertiary/aromatic N) is 2. The average Bonchev–Trinajstić information content (AvgIpc) is 2.66. The van der Waals surface area contributed by atoms with E-state index in [-0.39, 0.29) is 29.5 Å². The lowest BCUT2D eigenvalue weighted by molar-refractivity contribution is -0.128. The number of ether oxygens (including phenoxy) is 1. The molecule has 0 bridgehead atoms. The fourth-order valence-corrected chi connectivity index (χ4v) is 3.38. The highest BCUT2D eigenvalue weighted by atomic mass is 16.5. The summed E-state index contributed by atoms with van der Waals surface area (Å²) in [7, 11) is 1.39. The molecule has 0 aromatic heterocycles. The number of hydrogen-bond acceptors (Lipinski definition) is 5. The molecular weight excluding hydrogens is 342 g/mol. The van der Waals surface area contributed by atoms with Crippen LogP contribution in [0.5, 0.6) is 0 Å². The number of methoxy groups -OCH3 is 1. The van der Waals surface area contributed by atoms with Crippen molar-refractivity contribution < 1.29 is 14.3 Å². The van der Waals surface area contributed by atoms with E-state index >= 15 is 0 Å². The number of nitrogens with one attached hydrogen (secondary N) is 1. The van der Waals surface area contributed by atoms with E-state index in [4.69, 9.17) is 4.74 Å². The number of benzene rings is 1. The maximum Gasteiger partial charge on any atom is 0.337 e. The van der Waals surface area contributed by atoms with E-state index in [0.717, 1.165) is 31.7 Å². The molecule has 1 aromatic rings. The molecule has 0 aliphatic carbocycles. The second kappa shape index (κ2) is 8.74. The van der Waals surface area contributed by atoms with E-state index in [1.807, 2.05) is 19.1 Å². The molecule has 27 heavy (non-hydrogen) atoms. The number of rotatable bonds is 6. The van der Waals surface area contributed by atoms with Crippen molar-refractivity contribution in [2.75, 3.05) is 31.6 Å². The molecule has 6 heteroatoms. The molecule has 0 radical (unpaired) electrons. The first-order valence-electron chi connectivity index (χ1n) is 9.69. The summed E-state index contributed by atoms with van der Waals surface area (Å²) in [6.45, 7) is 12.8. The van der Waals surface area contributed by atoms with E-state index in [1.54, 1.807) is 12.1 Å². The number of piperazine rings is 1. The highest BCUT2D eigenvalue weighted by Crippen LogP contribution is 2.22. The minimum atomic E-state index is -0.324. The molecule has 6 nitrogen and oxygen atoms in total. The van der Waals surface area contributed by atoms with Gasteiger partial charge in [0.25, 0.3) is 0 Å². The Bertz CT molecular complexity index is 657. The third-order valence-corrected chi connectivity index (χ3v) is 5.55. The SMILES string of the molecule is CCC(C)(C)NC(=O)C(C)N1CCN(c2ccc(C(=O)OC)cc2)CC1C. The molecule has 0 saturated carbocycles. The lowest BCUT2D eigenvalue weighted by atomic mass is 10.0. The summed E-state index contributed by atoms with van der Waals surface area (Å²) in [6.07, 6.45) is 0.899. The minimum Gasteiger partial charge on any atom is -0.465 e. The van der Waals surface area contributed by atoms with Gasteiger partial charge in [-0.2, -0.15) is 0 Å². The van der Waals surface area contributed by atoms with E-state index in [9.17, 15) is 9.59 Å². The van der Waals surface area contributed by atoms with Gasteiger partial charge in [0, 0.05) is 36.9 Å². The Morgan fingerprint density at radius 3 is 2.41 bits per heavy atom. The predicted octanol–water partition coefficient (Wildman–Crippen LogP) is 2.68. The molecule has 1 saturated heterocycles. The highest BCUT2D eigenvalue weighted by molar-refractivity contribution is 5.89. The molecule has 150 valence electrons. The number of anilines is 1. The van der Waals surface area contributed by atoms with Crippen molar-refractivity contribution in [1.82, 2.24) is 10.2 Å². The van der Waals surface area contributed by atoms with E-state index in [1.165, 1.54) is 7.11 Å². The first-order chi connectivity index (χ1) is 12.7. The molecule has 1 aliphatic heterocycles. The smallest absolute Gasteiger partial charge is 0.337 e. The first kappa shape index (κ1) is 21.2. The lowest BCUT2D eigenvalue weighted by Gasteiger charge is -2.43. The van der Waals surface area contributed by atoms with Gasteiger partial charge < -0.3 is 15.0 Å². The molecular formula is C21H33N3O3. The van der Waals surface area contributed by atoms with Crippen LogP contribution in [0.1, 0.15) is 51.4 Å². The van der Waals surface area contributed by atoms with Gasteiger partial charge in [0.2, 0.25) is 5.91 Å². The summed E-state index contributed by atoms with van der Waals surface area (Å²) in [5.41, 5.74) is 1.45. The summed E-state index contributed by atoms with van der Waals surface area (Å²) < 4.78 is 4.75. The van der Waals surface area contributed by atoms with E-state index in [2.05, 4.69) is 42.8 Å². The van der Waals surface area contributed by atoms with Gasteiger partial charge in [0.05, 0.1) is 18.7 Å². The van der Waals surface area contributed by atoms with Crippen LogP contribution >= 0.6 is 0 Å². The van der Waals surface area contributed by atoms with Crippen LogP contribution in [0.4, 0.5) is 5.69 Å². The maximum atomic E-state index is 12.6. The fourth-order valence-electron chi connectivity index (χ4n) is 3.38. The Morgan fingerprint density at radius 2 is 1.89 bits per heavy atom. The van der Waals surface area contributed by atoms with Gasteiger partial charge in [-0.15, -0.1) is 0 Å². The van der Waals surface area contributed by atoms with Crippen LogP contribution in [-0.4, -0.2) is 61.1 Å². The van der Waals surface area contributed by atoms with Crippen molar-refractivity contribution in [3.63, 3.8) is 0 Å². The van der Waals surface area contributed by atoms with Crippen LogP contribution < -0.4 is 10.2 Å². The van der Waals surface area contributed by atoms with Crippen LogP contribution in [0.25, 0.3) is 0 Å². The van der Waals surface area contributed by atoms with Crippen molar-refractivity contribution in [2.24, 2.45) is 0 Å². The quantitative estimate of drug-likeness (QED) is 0.775. The van der Waals surface area contributed by atoms with Crippen LogP contribution in [-0.2, 0) is 9.53 Å². The first-order valence-corrected chi connectivity index (χ1v) is 9.69. The van der Waals surface area contributed by atoms with Crippen molar-refractivity contribution in [3.8, 4) is 0 Å². The van der Waals surface area contributed by atoms with Crippen LogP contribution in [0.2, 0.25) is 0 Å². The largest absolute Gasteiger partial charge is 0.465 e. The minimum absolute atomic E-state index is 0.0876. The third kappa shape index (κ3) is 5.22. The number of esters is 1. The van der Waals surface area contributed by atoms with Gasteiger partial charge in [0.15, 0.2) is 0 Å². The van der Waals surface area contributed by atoms with Crippen LogP contribution in [0.3, 0.4) is 0 Å². The summed E-state index contributed by atoms with van der Waals surface area (Å²) >= 11 is 0. The van der Waals surface area contributed by atoms with Gasteiger partial charge in [0.1, 0.15) is 0 Å². The summed E-state index contributed by atoms with van der Waals surface area (Å²) in [5.74, 6) is -0.237. The van der Waals surface area contributed by atoms with E-state index < -0.39 is 0 Å². The Hall–Kier alpha value is -2.08. The molecule has 1 aliphatic rings. The third-order valence-electron chi connectivity index (χ3n) is 5.55. The van der Waals surface area contributed by atoms with Crippen molar-refractivity contribution in [2.45, 2.75) is 58.7 Å². The standard InChI is InChI=1S/C21H33N3O3/c1-7-21(4,5)22-19(25)16(3)24-13-12-23(14-15(24)2)18-10-8-17(9-11-18)20(26)27-6/h8-11,15-16H,7,12-14H2,1-6H3,(H,22,25). The molecule has 2 unspecified atom stereocenters. The molecule has 0 spiro atoms. The second-order valence-electron chi connectivity index (χ2n) is 7.97. The molecule has 2 rings (SSSR count). The van der Waals surface area contributed by atoms with Gasteiger partial charge in [-0.1, -0.05) is 6.92 Å². The molecule has 1 fully saturated rings. The normalized spacial score (nSPS) is 19.5. The van der Waals surface area contributed by atoms with Gasteiger partial charge in [-0.05, 0) is 58.4 Å². The Kier molecular flexibility index (Phi) is 6.87. The van der Waals surface area contributed by atoms with Crippen molar-refractivity contribution in [1.29, 1.82) is 0 Å². The number of carbonyl (C=O) groups is 2. The number of carbonyl (C=O) groups excluding carboxylic acids is 2. The van der Waals surface area contributed by atoms with Crippen LogP contribution in [0, 0.1) is 0 Å². The molecule has 1 aromatic carbocycles. The summed E-state index contributed by atoms with van der Waals surface area (Å²) in [4.78, 5) is 28.8. The topological polar surface area (TPSA) is 61.9 Å². The zero-order chi connectivity index (χ0) is 20.2.